The van der Waals surface area contributed by atoms with E-state index >= 15 is 0 Å². The van der Waals surface area contributed by atoms with E-state index in [2.05, 4.69) is 15.5 Å². The van der Waals surface area contributed by atoms with Crippen LogP contribution in [0.15, 0.2) is 59.1 Å². The van der Waals surface area contributed by atoms with Crippen LogP contribution in [0, 0.1) is 0 Å². The van der Waals surface area contributed by atoms with Crippen molar-refractivity contribution in [2.75, 3.05) is 12.4 Å². The van der Waals surface area contributed by atoms with Gasteiger partial charge in [-0.3, -0.25) is 0 Å². The van der Waals surface area contributed by atoms with Crippen LogP contribution in [0.1, 0.15) is 26.7 Å². The van der Waals surface area contributed by atoms with Gasteiger partial charge in [-0.05, 0) is 32.9 Å². The summed E-state index contributed by atoms with van der Waals surface area (Å²) >= 11 is 0. The number of nitrogens with one attached hydrogen (secondary N) is 1. The third-order valence-electron chi connectivity index (χ3n) is 4.17. The van der Waals surface area contributed by atoms with E-state index in [1.807, 2.05) is 69.3 Å². The van der Waals surface area contributed by atoms with E-state index in [1.54, 1.807) is 18.1 Å². The average Bonchev–Trinajstić information content (AvgIpc) is 3.15. The number of methoxy groups -OCH3 is 1. The van der Waals surface area contributed by atoms with Crippen LogP contribution in [0.5, 0.6) is 5.75 Å². The first-order valence-corrected chi connectivity index (χ1v) is 8.97. The Morgan fingerprint density at radius 2 is 1.89 bits per heavy atom. The van der Waals surface area contributed by atoms with Gasteiger partial charge >= 0.3 is 6.03 Å². The Hall–Kier alpha value is -3.35. The molecule has 146 valence electrons. The van der Waals surface area contributed by atoms with Crippen molar-refractivity contribution in [3.63, 3.8) is 0 Å². The van der Waals surface area contributed by atoms with Crippen LogP contribution in [0.2, 0.25) is 0 Å². The van der Waals surface area contributed by atoms with E-state index in [4.69, 9.17) is 9.26 Å². The fourth-order valence-corrected chi connectivity index (χ4v) is 2.66. The predicted molar refractivity (Wildman–Crippen MR) is 107 cm³/mol. The molecule has 2 aromatic carbocycles. The molecule has 28 heavy (non-hydrogen) atoms. The molecule has 7 nitrogen and oxygen atoms in total. The standard InChI is InChI=1S/C21H24N4O3/c1-21(2,3)25(20(26)22-16-11-8-12-17(13-16)27-4)14-18-23-19(24-28-18)15-9-6-5-7-10-15/h5-13H,14H2,1-4H3,(H,22,26). The highest BCUT2D eigenvalue weighted by Crippen LogP contribution is 2.22. The molecule has 0 atom stereocenters. The van der Waals surface area contributed by atoms with E-state index < -0.39 is 5.54 Å². The van der Waals surface area contributed by atoms with E-state index in [0.717, 1.165) is 5.56 Å². The molecule has 7 heteroatoms. The van der Waals surface area contributed by atoms with Crippen LogP contribution in [0.25, 0.3) is 11.4 Å². The summed E-state index contributed by atoms with van der Waals surface area (Å²) in [6.45, 7) is 6.05. The minimum atomic E-state index is -0.454. The number of carbonyl (C=O) groups excluding carboxylic acids is 1. The first kappa shape index (κ1) is 19.4. The van der Waals surface area contributed by atoms with Crippen LogP contribution in [-0.4, -0.2) is 33.7 Å². The summed E-state index contributed by atoms with van der Waals surface area (Å²) in [6, 6.07) is 16.5. The van der Waals surface area contributed by atoms with Crippen molar-refractivity contribution in [3.8, 4) is 17.1 Å². The highest BCUT2D eigenvalue weighted by atomic mass is 16.5. The van der Waals surface area contributed by atoms with Crippen LogP contribution < -0.4 is 10.1 Å². The second kappa shape index (κ2) is 8.12. The summed E-state index contributed by atoms with van der Waals surface area (Å²) in [4.78, 5) is 19.0. The number of amides is 2. The molecule has 3 rings (SSSR count). The molecular weight excluding hydrogens is 356 g/mol. The van der Waals surface area contributed by atoms with Crippen molar-refractivity contribution in [1.82, 2.24) is 15.0 Å². The van der Waals surface area contributed by atoms with Gasteiger partial charge in [0.05, 0.1) is 7.11 Å². The number of rotatable bonds is 5. The van der Waals surface area contributed by atoms with Gasteiger partial charge in [-0.1, -0.05) is 41.6 Å². The van der Waals surface area contributed by atoms with E-state index in [0.29, 0.717) is 23.2 Å². The van der Waals surface area contributed by atoms with Crippen molar-refractivity contribution in [1.29, 1.82) is 0 Å². The zero-order chi connectivity index (χ0) is 20.1. The van der Waals surface area contributed by atoms with E-state index in [-0.39, 0.29) is 12.6 Å². The largest absolute Gasteiger partial charge is 0.497 e. The summed E-state index contributed by atoms with van der Waals surface area (Å²) in [7, 11) is 1.59. The number of aromatic nitrogens is 2. The predicted octanol–water partition coefficient (Wildman–Crippen LogP) is 4.58. The number of nitrogens with zero attached hydrogens (tertiary/aromatic N) is 3. The number of urea groups is 1. The molecule has 1 heterocycles. The Morgan fingerprint density at radius 1 is 1.14 bits per heavy atom. The SMILES string of the molecule is COc1cccc(NC(=O)N(Cc2nc(-c3ccccc3)no2)C(C)(C)C)c1. The molecule has 0 aliphatic carbocycles. The molecule has 0 bridgehead atoms. The highest BCUT2D eigenvalue weighted by Gasteiger charge is 2.29. The van der Waals surface area contributed by atoms with Crippen LogP contribution in [-0.2, 0) is 6.54 Å². The molecule has 2 amide bonds. The molecule has 0 aliphatic heterocycles. The Balaban J connectivity index is 1.77. The summed E-state index contributed by atoms with van der Waals surface area (Å²) in [5.41, 5.74) is 1.05. The van der Waals surface area contributed by atoms with Gasteiger partial charge in [-0.25, -0.2) is 4.79 Å². The van der Waals surface area contributed by atoms with Crippen molar-refractivity contribution in [2.24, 2.45) is 0 Å². The van der Waals surface area contributed by atoms with Gasteiger partial charge in [0.1, 0.15) is 12.3 Å². The van der Waals surface area contributed by atoms with Crippen LogP contribution in [0.4, 0.5) is 10.5 Å². The molecule has 1 aromatic heterocycles. The van der Waals surface area contributed by atoms with E-state index in [1.165, 1.54) is 0 Å². The maximum atomic E-state index is 12.9. The normalized spacial score (nSPS) is 11.1. The lowest BCUT2D eigenvalue weighted by Crippen LogP contribution is -2.47. The van der Waals surface area contributed by atoms with Crippen molar-refractivity contribution in [3.05, 3.63) is 60.5 Å². The monoisotopic (exact) mass is 380 g/mol. The van der Waals surface area contributed by atoms with Gasteiger partial charge < -0.3 is 19.5 Å². The molecule has 0 spiro atoms. The van der Waals surface area contributed by atoms with Gasteiger partial charge in [0.25, 0.3) is 0 Å². The zero-order valence-electron chi connectivity index (χ0n) is 16.5. The van der Waals surface area contributed by atoms with Gasteiger partial charge in [0, 0.05) is 22.9 Å². The Bertz CT molecular complexity index is 932. The number of hydrogen-bond acceptors (Lipinski definition) is 5. The molecule has 0 aliphatic rings. The summed E-state index contributed by atoms with van der Waals surface area (Å²) in [6.07, 6.45) is 0. The lowest BCUT2D eigenvalue weighted by molar-refractivity contribution is 0.140. The highest BCUT2D eigenvalue weighted by molar-refractivity contribution is 5.90. The molecule has 0 unspecified atom stereocenters. The first-order valence-electron chi connectivity index (χ1n) is 8.97. The third kappa shape index (κ3) is 4.68. The third-order valence-corrected chi connectivity index (χ3v) is 4.17. The summed E-state index contributed by atoms with van der Waals surface area (Å²) in [5.74, 6) is 1.54. The fraction of sp³-hybridized carbons (Fsp3) is 0.286. The first-order chi connectivity index (χ1) is 13.4. The minimum Gasteiger partial charge on any atom is -0.497 e. The van der Waals surface area contributed by atoms with Crippen LogP contribution >= 0.6 is 0 Å². The summed E-state index contributed by atoms with van der Waals surface area (Å²) in [5, 5.41) is 6.93. The van der Waals surface area contributed by atoms with Crippen molar-refractivity contribution >= 4 is 11.7 Å². The van der Waals surface area contributed by atoms with Gasteiger partial charge in [0.15, 0.2) is 0 Å². The van der Waals surface area contributed by atoms with E-state index in [9.17, 15) is 4.79 Å². The van der Waals surface area contributed by atoms with Crippen molar-refractivity contribution in [2.45, 2.75) is 32.9 Å². The fourth-order valence-electron chi connectivity index (χ4n) is 2.66. The topological polar surface area (TPSA) is 80.5 Å². The minimum absolute atomic E-state index is 0.194. The van der Waals surface area contributed by atoms with Gasteiger partial charge in [-0.2, -0.15) is 4.98 Å². The van der Waals surface area contributed by atoms with Gasteiger partial charge in [-0.15, -0.1) is 0 Å². The molecule has 0 fully saturated rings. The Morgan fingerprint density at radius 3 is 2.57 bits per heavy atom. The number of hydrogen-bond donors (Lipinski definition) is 1. The maximum absolute atomic E-state index is 12.9. The number of carbonyl (C=O) groups is 1. The van der Waals surface area contributed by atoms with Gasteiger partial charge in [0.2, 0.25) is 11.7 Å². The number of benzene rings is 2. The Labute approximate surface area is 164 Å². The van der Waals surface area contributed by atoms with Crippen LogP contribution in [0.3, 0.4) is 0 Å². The number of anilines is 1. The number of ether oxygens (including phenoxy) is 1. The van der Waals surface area contributed by atoms with Crippen molar-refractivity contribution < 1.29 is 14.1 Å². The molecule has 0 saturated carbocycles. The summed E-state index contributed by atoms with van der Waals surface area (Å²) < 4.78 is 10.6. The molecule has 1 N–H and O–H groups in total. The molecule has 0 radical (unpaired) electrons. The Kier molecular flexibility index (Phi) is 5.63. The quantitative estimate of drug-likeness (QED) is 0.701. The zero-order valence-corrected chi connectivity index (χ0v) is 16.5. The lowest BCUT2D eigenvalue weighted by atomic mass is 10.1. The second-order valence-electron chi connectivity index (χ2n) is 7.30. The molecule has 0 saturated heterocycles. The molecule has 3 aromatic rings. The second-order valence-corrected chi connectivity index (χ2v) is 7.30. The lowest BCUT2D eigenvalue weighted by Gasteiger charge is -2.34. The molecular formula is C21H24N4O3. The average molecular weight is 380 g/mol. The smallest absolute Gasteiger partial charge is 0.322 e. The maximum Gasteiger partial charge on any atom is 0.322 e.